The van der Waals surface area contributed by atoms with Crippen molar-refractivity contribution in [2.45, 2.75) is 52.4 Å². The van der Waals surface area contributed by atoms with Gasteiger partial charge in [0.1, 0.15) is 5.52 Å². The van der Waals surface area contributed by atoms with Gasteiger partial charge in [-0.15, -0.1) is 5.10 Å². The molecule has 0 aliphatic carbocycles. The van der Waals surface area contributed by atoms with Gasteiger partial charge in [0.2, 0.25) is 0 Å². The highest BCUT2D eigenvalue weighted by molar-refractivity contribution is 5.82. The first-order chi connectivity index (χ1) is 8.21. The van der Waals surface area contributed by atoms with Crippen LogP contribution >= 0.6 is 0 Å². The second-order valence-corrected chi connectivity index (χ2v) is 6.81. The Hall–Kier alpha value is -1.51. The van der Waals surface area contributed by atoms with Gasteiger partial charge in [-0.1, -0.05) is 41.5 Å². The Morgan fingerprint density at radius 1 is 0.944 bits per heavy atom. The molecule has 18 heavy (non-hydrogen) atoms. The van der Waals surface area contributed by atoms with Crippen LogP contribution in [0.1, 0.15) is 52.8 Å². The van der Waals surface area contributed by atoms with E-state index in [0.717, 1.165) is 16.6 Å². The molecule has 0 spiro atoms. The molecule has 0 fully saturated rings. The van der Waals surface area contributed by atoms with Gasteiger partial charge < -0.3 is 0 Å². The quantitative estimate of drug-likeness (QED) is 0.709. The zero-order valence-corrected chi connectivity index (χ0v) is 12.1. The van der Waals surface area contributed by atoms with Crippen molar-refractivity contribution in [3.8, 4) is 0 Å². The first kappa shape index (κ1) is 12.9. The molecule has 0 bridgehead atoms. The van der Waals surface area contributed by atoms with E-state index in [1.165, 1.54) is 5.56 Å². The lowest BCUT2D eigenvalue weighted by Gasteiger charge is -2.29. The maximum absolute atomic E-state index is 4.64. The summed E-state index contributed by atoms with van der Waals surface area (Å²) in [5.74, 6) is 0. The fourth-order valence-electron chi connectivity index (χ4n) is 2.30. The molecular formula is C15H21N3. The molecule has 2 aromatic heterocycles. The molecule has 3 heteroatoms. The van der Waals surface area contributed by atoms with Crippen LogP contribution in [0, 0.1) is 0 Å². The third-order valence-corrected chi connectivity index (χ3v) is 3.03. The van der Waals surface area contributed by atoms with Crippen molar-refractivity contribution >= 4 is 10.9 Å². The first-order valence-corrected chi connectivity index (χ1v) is 6.32. The molecule has 0 saturated heterocycles. The second-order valence-electron chi connectivity index (χ2n) is 6.81. The van der Waals surface area contributed by atoms with Crippen molar-refractivity contribution < 1.29 is 0 Å². The van der Waals surface area contributed by atoms with E-state index in [9.17, 15) is 0 Å². The normalized spacial score (nSPS) is 13.0. The van der Waals surface area contributed by atoms with Crippen molar-refractivity contribution in [1.82, 2.24) is 15.2 Å². The number of hydrogen-bond acceptors (Lipinski definition) is 3. The highest BCUT2D eigenvalue weighted by Crippen LogP contribution is 2.36. The summed E-state index contributed by atoms with van der Waals surface area (Å²) in [6.45, 7) is 13.3. The summed E-state index contributed by atoms with van der Waals surface area (Å²) in [4.78, 5) is 4.64. The zero-order chi connectivity index (χ0) is 13.6. The Morgan fingerprint density at radius 2 is 1.61 bits per heavy atom. The summed E-state index contributed by atoms with van der Waals surface area (Å²) < 4.78 is 0. The third kappa shape index (κ3) is 2.22. The lowest BCUT2D eigenvalue weighted by atomic mass is 9.77. The predicted octanol–water partition coefficient (Wildman–Crippen LogP) is 3.62. The van der Waals surface area contributed by atoms with Crippen LogP contribution in [0.25, 0.3) is 10.9 Å². The molecule has 0 atom stereocenters. The molecule has 2 aromatic rings. The lowest BCUT2D eigenvalue weighted by Crippen LogP contribution is -2.24. The van der Waals surface area contributed by atoms with Crippen LogP contribution in [-0.4, -0.2) is 15.2 Å². The molecule has 2 heterocycles. The van der Waals surface area contributed by atoms with Gasteiger partial charge in [0, 0.05) is 10.8 Å². The summed E-state index contributed by atoms with van der Waals surface area (Å²) >= 11 is 0. The Kier molecular flexibility index (Phi) is 2.88. The average Bonchev–Trinajstić information content (AvgIpc) is 2.24. The van der Waals surface area contributed by atoms with Gasteiger partial charge in [-0.3, -0.25) is 4.98 Å². The van der Waals surface area contributed by atoms with Crippen LogP contribution in [0.2, 0.25) is 0 Å². The van der Waals surface area contributed by atoms with E-state index in [1.807, 2.05) is 12.3 Å². The zero-order valence-electron chi connectivity index (χ0n) is 12.1. The van der Waals surface area contributed by atoms with Crippen LogP contribution in [0.15, 0.2) is 18.5 Å². The van der Waals surface area contributed by atoms with E-state index >= 15 is 0 Å². The molecule has 0 aliphatic heterocycles. The number of nitrogens with zero attached hydrogens (tertiary/aromatic N) is 3. The monoisotopic (exact) mass is 243 g/mol. The van der Waals surface area contributed by atoms with Crippen LogP contribution in [-0.2, 0) is 10.8 Å². The Bertz CT molecular complexity index is 574. The van der Waals surface area contributed by atoms with E-state index in [0.29, 0.717) is 0 Å². The molecule has 0 amide bonds. The van der Waals surface area contributed by atoms with E-state index in [-0.39, 0.29) is 10.8 Å². The van der Waals surface area contributed by atoms with Crippen molar-refractivity contribution in [3.63, 3.8) is 0 Å². The molecule has 3 nitrogen and oxygen atoms in total. The molecular weight excluding hydrogens is 222 g/mol. The van der Waals surface area contributed by atoms with Gasteiger partial charge in [-0.25, -0.2) is 0 Å². The minimum absolute atomic E-state index is 0.0279. The number of pyridine rings is 1. The van der Waals surface area contributed by atoms with Crippen molar-refractivity contribution in [3.05, 3.63) is 29.7 Å². The van der Waals surface area contributed by atoms with Crippen LogP contribution in [0.4, 0.5) is 0 Å². The van der Waals surface area contributed by atoms with Gasteiger partial charge in [-0.05, 0) is 17.0 Å². The lowest BCUT2D eigenvalue weighted by molar-refractivity contribution is 0.518. The predicted molar refractivity (Wildman–Crippen MR) is 74.7 cm³/mol. The van der Waals surface area contributed by atoms with Crippen molar-refractivity contribution in [2.75, 3.05) is 0 Å². The average molecular weight is 243 g/mol. The Balaban J connectivity index is 2.89. The molecule has 2 rings (SSSR count). The first-order valence-electron chi connectivity index (χ1n) is 6.32. The van der Waals surface area contributed by atoms with Crippen molar-refractivity contribution in [2.24, 2.45) is 0 Å². The fraction of sp³-hybridized carbons (Fsp3) is 0.533. The van der Waals surface area contributed by atoms with Gasteiger partial charge in [0.15, 0.2) is 0 Å². The van der Waals surface area contributed by atoms with Crippen molar-refractivity contribution in [1.29, 1.82) is 0 Å². The molecule has 0 N–H and O–H groups in total. The largest absolute Gasteiger partial charge is 0.258 e. The fourth-order valence-corrected chi connectivity index (χ4v) is 2.30. The number of rotatable bonds is 0. The Morgan fingerprint density at radius 3 is 2.17 bits per heavy atom. The van der Waals surface area contributed by atoms with Crippen LogP contribution in [0.5, 0.6) is 0 Å². The van der Waals surface area contributed by atoms with E-state index < -0.39 is 0 Å². The number of aromatic nitrogens is 3. The number of hydrogen-bond donors (Lipinski definition) is 0. The summed E-state index contributed by atoms with van der Waals surface area (Å²) in [5, 5.41) is 9.27. The minimum Gasteiger partial charge on any atom is -0.258 e. The highest BCUT2D eigenvalue weighted by atomic mass is 15.1. The highest BCUT2D eigenvalue weighted by Gasteiger charge is 2.28. The summed E-state index contributed by atoms with van der Waals surface area (Å²) in [5.41, 5.74) is 3.37. The van der Waals surface area contributed by atoms with Crippen LogP contribution in [0.3, 0.4) is 0 Å². The van der Waals surface area contributed by atoms with Gasteiger partial charge in [0.25, 0.3) is 0 Å². The molecule has 0 aliphatic rings. The molecule has 0 saturated carbocycles. The molecule has 0 radical (unpaired) electrons. The second kappa shape index (κ2) is 4.01. The van der Waals surface area contributed by atoms with E-state index in [4.69, 9.17) is 0 Å². The molecule has 0 unspecified atom stereocenters. The van der Waals surface area contributed by atoms with E-state index in [1.54, 1.807) is 6.20 Å². The maximum Gasteiger partial charge on any atom is 0.112 e. The van der Waals surface area contributed by atoms with E-state index in [2.05, 4.69) is 56.7 Å². The number of fused-ring (bicyclic) bond motifs is 1. The summed E-state index contributed by atoms with van der Waals surface area (Å²) in [6, 6.07) is 2.04. The standard InChI is InChI=1S/C15H21N3/c1-14(2,3)12-10-7-8-17-18-11(10)9-16-13(12)15(4,5)6/h7-9H,1-6H3. The minimum atomic E-state index is 0.0279. The van der Waals surface area contributed by atoms with Gasteiger partial charge >= 0.3 is 0 Å². The molecule has 0 aromatic carbocycles. The SMILES string of the molecule is CC(C)(C)c1ncc2nnccc2c1C(C)(C)C. The smallest absolute Gasteiger partial charge is 0.112 e. The Labute approximate surface area is 109 Å². The molecule has 96 valence electrons. The third-order valence-electron chi connectivity index (χ3n) is 3.03. The summed E-state index contributed by atoms with van der Waals surface area (Å²) in [7, 11) is 0. The van der Waals surface area contributed by atoms with Crippen LogP contribution < -0.4 is 0 Å². The maximum atomic E-state index is 4.64. The topological polar surface area (TPSA) is 38.7 Å². The van der Waals surface area contributed by atoms with Gasteiger partial charge in [0.05, 0.1) is 18.1 Å². The van der Waals surface area contributed by atoms with Gasteiger partial charge in [-0.2, -0.15) is 5.10 Å². The summed E-state index contributed by atoms with van der Waals surface area (Å²) in [6.07, 6.45) is 3.59.